The predicted octanol–water partition coefficient (Wildman–Crippen LogP) is 2.38. The lowest BCUT2D eigenvalue weighted by Crippen LogP contribution is -2.13. The van der Waals surface area contributed by atoms with Gasteiger partial charge in [0, 0.05) is 11.4 Å². The number of aromatic nitrogens is 3. The summed E-state index contributed by atoms with van der Waals surface area (Å²) in [4.78, 5) is 15.9. The minimum absolute atomic E-state index is 0.0457. The van der Waals surface area contributed by atoms with E-state index in [0.717, 1.165) is 24.9 Å². The van der Waals surface area contributed by atoms with Gasteiger partial charge in [0.15, 0.2) is 0 Å². The number of nitrogens with one attached hydrogen (secondary N) is 1. The van der Waals surface area contributed by atoms with Crippen molar-refractivity contribution in [3.63, 3.8) is 0 Å². The first kappa shape index (κ1) is 15.5. The third kappa shape index (κ3) is 4.54. The highest BCUT2D eigenvalue weighted by molar-refractivity contribution is 6.31. The quantitative estimate of drug-likeness (QED) is 0.769. The highest BCUT2D eigenvalue weighted by Gasteiger charge is 2.09. The fraction of sp³-hybridized carbons (Fsp3) is 0.357. The number of nitrogens with zero attached hydrogens (tertiary/aromatic N) is 3. The molecular weight excluding hydrogens is 290 g/mol. The van der Waals surface area contributed by atoms with E-state index in [-0.39, 0.29) is 5.91 Å². The molecule has 0 fully saturated rings. The number of amides is 1. The van der Waals surface area contributed by atoms with Crippen molar-refractivity contribution in [2.24, 2.45) is 5.73 Å². The Morgan fingerprint density at radius 3 is 2.90 bits per heavy atom. The molecule has 0 atom stereocenters. The van der Waals surface area contributed by atoms with E-state index >= 15 is 0 Å². The van der Waals surface area contributed by atoms with Gasteiger partial charge in [0.25, 0.3) is 0 Å². The van der Waals surface area contributed by atoms with E-state index in [2.05, 4.69) is 15.4 Å². The zero-order chi connectivity index (χ0) is 15.1. The average Bonchev–Trinajstić information content (AvgIpc) is 2.98. The number of carbonyl (C=O) groups excluding carboxylic acids is 1. The largest absolute Gasteiger partial charge is 0.330 e. The number of hydrogen-bond acceptors (Lipinski definition) is 4. The normalized spacial score (nSPS) is 10.6. The first-order chi connectivity index (χ1) is 10.2. The van der Waals surface area contributed by atoms with Crippen LogP contribution in [0.4, 0.5) is 5.69 Å². The van der Waals surface area contributed by atoms with Gasteiger partial charge in [-0.25, -0.2) is 9.67 Å². The van der Waals surface area contributed by atoms with Gasteiger partial charge in [-0.05, 0) is 37.6 Å². The number of benzene rings is 1. The van der Waals surface area contributed by atoms with Crippen molar-refractivity contribution >= 4 is 23.2 Å². The lowest BCUT2D eigenvalue weighted by atomic mass is 10.2. The molecule has 112 valence electrons. The molecule has 6 nitrogen and oxygen atoms in total. The molecule has 1 aromatic heterocycles. The van der Waals surface area contributed by atoms with Gasteiger partial charge in [0.2, 0.25) is 5.91 Å². The molecule has 0 saturated carbocycles. The molecule has 0 saturated heterocycles. The summed E-state index contributed by atoms with van der Waals surface area (Å²) in [5, 5.41) is 7.49. The summed E-state index contributed by atoms with van der Waals surface area (Å²) in [7, 11) is 0. The lowest BCUT2D eigenvalue weighted by Gasteiger charge is -2.11. The molecule has 1 aromatic carbocycles. The third-order valence-electron chi connectivity index (χ3n) is 3.01. The Morgan fingerprint density at radius 1 is 1.33 bits per heavy atom. The Kier molecular flexibility index (Phi) is 5.71. The van der Waals surface area contributed by atoms with Gasteiger partial charge in [-0.15, -0.1) is 0 Å². The van der Waals surface area contributed by atoms with E-state index < -0.39 is 0 Å². The average molecular weight is 308 g/mol. The molecular formula is C14H18ClN5O. The van der Waals surface area contributed by atoms with E-state index in [0.29, 0.717) is 23.7 Å². The van der Waals surface area contributed by atoms with Crippen molar-refractivity contribution in [1.29, 1.82) is 0 Å². The minimum Gasteiger partial charge on any atom is -0.330 e. The highest BCUT2D eigenvalue weighted by Crippen LogP contribution is 2.24. The summed E-state index contributed by atoms with van der Waals surface area (Å²) in [5.74, 6) is -0.0457. The van der Waals surface area contributed by atoms with Crippen LogP contribution in [0.3, 0.4) is 0 Å². The molecule has 2 rings (SSSR count). The van der Waals surface area contributed by atoms with Gasteiger partial charge in [-0.3, -0.25) is 4.79 Å². The minimum atomic E-state index is -0.0457. The van der Waals surface area contributed by atoms with Crippen molar-refractivity contribution in [3.8, 4) is 5.69 Å². The van der Waals surface area contributed by atoms with Crippen molar-refractivity contribution in [2.45, 2.75) is 25.7 Å². The molecule has 0 aliphatic heterocycles. The summed E-state index contributed by atoms with van der Waals surface area (Å²) >= 11 is 6.00. The van der Waals surface area contributed by atoms with Crippen LogP contribution >= 0.6 is 11.6 Å². The van der Waals surface area contributed by atoms with E-state index in [1.165, 1.54) is 6.33 Å². The molecule has 1 heterocycles. The van der Waals surface area contributed by atoms with E-state index in [1.54, 1.807) is 29.2 Å². The Labute approximate surface area is 128 Å². The number of rotatable bonds is 7. The molecule has 0 radical (unpaired) electrons. The Hall–Kier alpha value is -1.92. The number of anilines is 1. The van der Waals surface area contributed by atoms with Crippen LogP contribution in [0.1, 0.15) is 25.7 Å². The summed E-state index contributed by atoms with van der Waals surface area (Å²) in [6.45, 7) is 0.659. The van der Waals surface area contributed by atoms with Crippen LogP contribution in [0.15, 0.2) is 30.9 Å². The van der Waals surface area contributed by atoms with E-state index in [9.17, 15) is 4.79 Å². The summed E-state index contributed by atoms with van der Waals surface area (Å²) in [6, 6.07) is 5.24. The van der Waals surface area contributed by atoms with Crippen LogP contribution < -0.4 is 11.1 Å². The van der Waals surface area contributed by atoms with Crippen molar-refractivity contribution < 1.29 is 4.79 Å². The van der Waals surface area contributed by atoms with Crippen LogP contribution in [0.5, 0.6) is 0 Å². The molecule has 7 heteroatoms. The SMILES string of the molecule is NCCCCCC(=O)Nc1cc(Cl)ccc1-n1cncn1. The van der Waals surface area contributed by atoms with Crippen molar-refractivity contribution in [3.05, 3.63) is 35.9 Å². The van der Waals surface area contributed by atoms with Crippen molar-refractivity contribution in [2.75, 3.05) is 11.9 Å². The molecule has 0 aliphatic carbocycles. The van der Waals surface area contributed by atoms with Gasteiger partial charge < -0.3 is 11.1 Å². The molecule has 3 N–H and O–H groups in total. The fourth-order valence-electron chi connectivity index (χ4n) is 1.96. The first-order valence-corrected chi connectivity index (χ1v) is 7.23. The van der Waals surface area contributed by atoms with Gasteiger partial charge in [0.05, 0.1) is 11.4 Å². The monoisotopic (exact) mass is 307 g/mol. The number of hydrogen-bond donors (Lipinski definition) is 2. The third-order valence-corrected chi connectivity index (χ3v) is 3.24. The second-order valence-electron chi connectivity index (χ2n) is 4.65. The zero-order valence-corrected chi connectivity index (χ0v) is 12.4. The van der Waals surface area contributed by atoms with E-state index in [4.69, 9.17) is 17.3 Å². The zero-order valence-electron chi connectivity index (χ0n) is 11.6. The topological polar surface area (TPSA) is 85.8 Å². The van der Waals surface area contributed by atoms with Gasteiger partial charge in [-0.2, -0.15) is 5.10 Å². The summed E-state index contributed by atoms with van der Waals surface area (Å²) < 4.78 is 1.58. The van der Waals surface area contributed by atoms with Crippen LogP contribution in [0, 0.1) is 0 Å². The van der Waals surface area contributed by atoms with Crippen LogP contribution in [0.25, 0.3) is 5.69 Å². The summed E-state index contributed by atoms with van der Waals surface area (Å²) in [6.07, 6.45) is 6.18. The van der Waals surface area contributed by atoms with Crippen molar-refractivity contribution in [1.82, 2.24) is 14.8 Å². The molecule has 2 aromatic rings. The fourth-order valence-corrected chi connectivity index (χ4v) is 2.13. The second kappa shape index (κ2) is 7.75. The maximum atomic E-state index is 12.0. The molecule has 0 aliphatic rings. The standard InChI is InChI=1S/C14H18ClN5O/c15-11-5-6-13(20-10-17-9-18-20)12(8-11)19-14(21)4-2-1-3-7-16/h5-6,8-10H,1-4,7,16H2,(H,19,21). The Bertz CT molecular complexity index is 585. The molecule has 0 unspecified atom stereocenters. The molecule has 0 bridgehead atoms. The number of unbranched alkanes of at least 4 members (excludes halogenated alkanes) is 2. The predicted molar refractivity (Wildman–Crippen MR) is 82.5 cm³/mol. The first-order valence-electron chi connectivity index (χ1n) is 6.85. The smallest absolute Gasteiger partial charge is 0.224 e. The lowest BCUT2D eigenvalue weighted by molar-refractivity contribution is -0.116. The van der Waals surface area contributed by atoms with Gasteiger partial charge >= 0.3 is 0 Å². The maximum absolute atomic E-state index is 12.0. The molecule has 0 spiro atoms. The summed E-state index contributed by atoms with van der Waals surface area (Å²) in [5.41, 5.74) is 6.78. The molecule has 1 amide bonds. The highest BCUT2D eigenvalue weighted by atomic mass is 35.5. The Morgan fingerprint density at radius 2 is 2.19 bits per heavy atom. The molecule has 21 heavy (non-hydrogen) atoms. The van der Waals surface area contributed by atoms with Gasteiger partial charge in [0.1, 0.15) is 12.7 Å². The number of halogens is 1. The van der Waals surface area contributed by atoms with Crippen LogP contribution in [-0.4, -0.2) is 27.2 Å². The van der Waals surface area contributed by atoms with Crippen LogP contribution in [-0.2, 0) is 4.79 Å². The van der Waals surface area contributed by atoms with E-state index in [1.807, 2.05) is 0 Å². The second-order valence-corrected chi connectivity index (χ2v) is 5.09. The van der Waals surface area contributed by atoms with Gasteiger partial charge in [-0.1, -0.05) is 18.0 Å². The maximum Gasteiger partial charge on any atom is 0.224 e. The number of nitrogens with two attached hydrogens (primary N) is 1. The van der Waals surface area contributed by atoms with Crippen LogP contribution in [0.2, 0.25) is 5.02 Å². The Balaban J connectivity index is 2.05. The number of carbonyl (C=O) groups is 1.